The summed E-state index contributed by atoms with van der Waals surface area (Å²) in [5, 5.41) is 9.04. The number of imidazole rings is 1. The molecule has 35 heavy (non-hydrogen) atoms. The number of amides is 1. The number of aryl methyl sites for hydroxylation is 2. The minimum absolute atomic E-state index is 0.0937. The lowest BCUT2D eigenvalue weighted by Crippen LogP contribution is -2.38. The van der Waals surface area contributed by atoms with Gasteiger partial charge < -0.3 is 9.47 Å². The summed E-state index contributed by atoms with van der Waals surface area (Å²) in [7, 11) is 2.03. The molecule has 2 aliphatic rings. The molecule has 6 heteroatoms. The Morgan fingerprint density at radius 1 is 1.09 bits per heavy atom. The molecule has 1 unspecified atom stereocenters. The van der Waals surface area contributed by atoms with Gasteiger partial charge in [0, 0.05) is 43.9 Å². The zero-order valence-electron chi connectivity index (χ0n) is 20.9. The number of nitriles is 1. The number of piperidine rings is 1. The van der Waals surface area contributed by atoms with E-state index < -0.39 is 0 Å². The van der Waals surface area contributed by atoms with Gasteiger partial charge in [-0.15, -0.1) is 0 Å². The van der Waals surface area contributed by atoms with Crippen molar-refractivity contribution in [1.82, 2.24) is 14.5 Å². The topological polar surface area (TPSA) is 74.3 Å². The molecule has 1 fully saturated rings. The van der Waals surface area contributed by atoms with Crippen LogP contribution in [0.5, 0.6) is 0 Å². The minimum Gasteiger partial charge on any atom is -0.339 e. The molecule has 0 bridgehead atoms. The van der Waals surface area contributed by atoms with Crippen molar-refractivity contribution in [2.75, 3.05) is 13.1 Å². The number of aromatic nitrogens is 2. The van der Waals surface area contributed by atoms with E-state index in [9.17, 15) is 4.79 Å². The molecule has 0 saturated carbocycles. The highest BCUT2D eigenvalue weighted by Crippen LogP contribution is 2.32. The van der Waals surface area contributed by atoms with Crippen LogP contribution in [0.3, 0.4) is 0 Å². The third-order valence-electron chi connectivity index (χ3n) is 7.49. The van der Waals surface area contributed by atoms with Gasteiger partial charge in [-0.05, 0) is 74.4 Å². The van der Waals surface area contributed by atoms with E-state index in [2.05, 4.69) is 47.7 Å². The largest absolute Gasteiger partial charge is 0.339 e. The molecule has 2 aromatic carbocycles. The normalized spacial score (nSPS) is 17.8. The van der Waals surface area contributed by atoms with Gasteiger partial charge in [0.2, 0.25) is 0 Å². The molecular formula is C29H31N5O. The Balaban J connectivity index is 1.37. The molecule has 1 amide bonds. The van der Waals surface area contributed by atoms with Gasteiger partial charge in [-0.3, -0.25) is 9.79 Å². The van der Waals surface area contributed by atoms with Crippen LogP contribution in [0.2, 0.25) is 0 Å². The molecule has 1 saturated heterocycles. The first kappa shape index (κ1) is 23.0. The predicted molar refractivity (Wildman–Crippen MR) is 138 cm³/mol. The number of aliphatic imine (C=N–C) groups is 1. The zero-order valence-corrected chi connectivity index (χ0v) is 20.9. The fraction of sp³-hybridized carbons (Fsp3) is 0.379. The van der Waals surface area contributed by atoms with Crippen molar-refractivity contribution in [3.63, 3.8) is 0 Å². The van der Waals surface area contributed by atoms with Gasteiger partial charge in [0.05, 0.1) is 29.1 Å². The Morgan fingerprint density at radius 3 is 2.49 bits per heavy atom. The van der Waals surface area contributed by atoms with Crippen molar-refractivity contribution in [1.29, 1.82) is 5.26 Å². The molecule has 6 nitrogen and oxygen atoms in total. The molecule has 3 aromatic rings. The van der Waals surface area contributed by atoms with Crippen molar-refractivity contribution in [3.05, 3.63) is 75.6 Å². The predicted octanol–water partition coefficient (Wildman–Crippen LogP) is 4.96. The van der Waals surface area contributed by atoms with Crippen LogP contribution in [0, 0.1) is 25.2 Å². The molecule has 2 aliphatic heterocycles. The van der Waals surface area contributed by atoms with Gasteiger partial charge in [0.1, 0.15) is 5.82 Å². The maximum Gasteiger partial charge on any atom is 0.254 e. The summed E-state index contributed by atoms with van der Waals surface area (Å²) < 4.78 is 2.10. The first-order valence-corrected chi connectivity index (χ1v) is 12.4. The van der Waals surface area contributed by atoms with Crippen LogP contribution >= 0.6 is 0 Å². The van der Waals surface area contributed by atoms with E-state index >= 15 is 0 Å². The maximum absolute atomic E-state index is 13.6. The SMILES string of the molecule is Cc1cc(C)c(-c2nc3c(n2C)C=NC(C)C3)cc1C(=O)N1CCC(c2ccc(C#N)cc2)CC1. The van der Waals surface area contributed by atoms with Crippen molar-refractivity contribution in [3.8, 4) is 17.5 Å². The van der Waals surface area contributed by atoms with E-state index in [0.717, 1.165) is 71.8 Å². The first-order chi connectivity index (χ1) is 16.9. The van der Waals surface area contributed by atoms with E-state index in [1.54, 1.807) is 0 Å². The minimum atomic E-state index is 0.0937. The zero-order chi connectivity index (χ0) is 24.7. The van der Waals surface area contributed by atoms with Gasteiger partial charge in [-0.1, -0.05) is 18.2 Å². The highest BCUT2D eigenvalue weighted by molar-refractivity contribution is 5.97. The average Bonchev–Trinajstić information content (AvgIpc) is 3.19. The number of rotatable bonds is 3. The lowest BCUT2D eigenvalue weighted by atomic mass is 9.88. The van der Waals surface area contributed by atoms with Gasteiger partial charge in [-0.25, -0.2) is 4.98 Å². The van der Waals surface area contributed by atoms with Crippen LogP contribution in [0.4, 0.5) is 0 Å². The standard InChI is InChI=1S/C29H31N5O/c1-18-13-19(2)25(15-24(18)28-32-26-14-20(3)31-17-27(26)33(28)4)29(35)34-11-9-23(10-12-34)22-7-5-21(16-30)6-8-22/h5-8,13,15,17,20,23H,9-12,14H2,1-4H3. The summed E-state index contributed by atoms with van der Waals surface area (Å²) in [6, 6.07) is 14.4. The quantitative estimate of drug-likeness (QED) is 0.549. The smallest absolute Gasteiger partial charge is 0.254 e. The van der Waals surface area contributed by atoms with Crippen LogP contribution in [0.15, 0.2) is 41.4 Å². The van der Waals surface area contributed by atoms with Crippen molar-refractivity contribution >= 4 is 12.1 Å². The van der Waals surface area contributed by atoms with Gasteiger partial charge in [-0.2, -0.15) is 5.26 Å². The monoisotopic (exact) mass is 465 g/mol. The van der Waals surface area contributed by atoms with Crippen LogP contribution in [0.1, 0.15) is 69.7 Å². The Morgan fingerprint density at radius 2 is 1.80 bits per heavy atom. The van der Waals surface area contributed by atoms with E-state index in [1.807, 2.05) is 43.3 Å². The summed E-state index contributed by atoms with van der Waals surface area (Å²) >= 11 is 0. The summed E-state index contributed by atoms with van der Waals surface area (Å²) in [5.41, 5.74) is 7.94. The highest BCUT2D eigenvalue weighted by atomic mass is 16.2. The fourth-order valence-electron chi connectivity index (χ4n) is 5.39. The summed E-state index contributed by atoms with van der Waals surface area (Å²) in [6.45, 7) is 7.68. The van der Waals surface area contributed by atoms with Crippen LogP contribution in [-0.2, 0) is 13.5 Å². The summed E-state index contributed by atoms with van der Waals surface area (Å²) in [4.78, 5) is 25.1. The third-order valence-corrected chi connectivity index (χ3v) is 7.49. The second-order valence-electron chi connectivity index (χ2n) is 9.94. The van der Waals surface area contributed by atoms with Crippen molar-refractivity contribution in [2.24, 2.45) is 12.0 Å². The Kier molecular flexibility index (Phi) is 6.02. The van der Waals surface area contributed by atoms with Gasteiger partial charge in [0.15, 0.2) is 0 Å². The van der Waals surface area contributed by atoms with E-state index in [4.69, 9.17) is 10.2 Å². The number of fused-ring (bicyclic) bond motifs is 1. The molecule has 5 rings (SSSR count). The van der Waals surface area contributed by atoms with Crippen LogP contribution < -0.4 is 0 Å². The highest BCUT2D eigenvalue weighted by Gasteiger charge is 2.27. The second kappa shape index (κ2) is 9.14. The van der Waals surface area contributed by atoms with E-state index in [1.165, 1.54) is 5.56 Å². The molecule has 0 N–H and O–H groups in total. The van der Waals surface area contributed by atoms with Crippen molar-refractivity contribution in [2.45, 2.75) is 52.0 Å². The molecule has 0 spiro atoms. The number of likely N-dealkylation sites (tertiary alicyclic amines) is 1. The maximum atomic E-state index is 13.6. The third kappa shape index (κ3) is 4.27. The number of benzene rings is 2. The lowest BCUT2D eigenvalue weighted by Gasteiger charge is -2.33. The molecule has 0 radical (unpaired) electrons. The summed E-state index contributed by atoms with van der Waals surface area (Å²) in [6.07, 6.45) is 4.62. The molecule has 1 aromatic heterocycles. The average molecular weight is 466 g/mol. The summed E-state index contributed by atoms with van der Waals surface area (Å²) in [5.74, 6) is 1.40. The molecule has 178 valence electrons. The number of hydrogen-bond donors (Lipinski definition) is 0. The first-order valence-electron chi connectivity index (χ1n) is 12.4. The van der Waals surface area contributed by atoms with Gasteiger partial charge >= 0.3 is 0 Å². The second-order valence-corrected chi connectivity index (χ2v) is 9.94. The number of carbonyl (C=O) groups excluding carboxylic acids is 1. The fourth-order valence-corrected chi connectivity index (χ4v) is 5.39. The van der Waals surface area contributed by atoms with E-state index in [0.29, 0.717) is 11.5 Å². The molecule has 3 heterocycles. The van der Waals surface area contributed by atoms with Gasteiger partial charge in [0.25, 0.3) is 5.91 Å². The molecule has 0 aliphatic carbocycles. The van der Waals surface area contributed by atoms with Crippen molar-refractivity contribution < 1.29 is 4.79 Å². The Labute approximate surface area is 206 Å². The van der Waals surface area contributed by atoms with Crippen LogP contribution in [-0.4, -0.2) is 45.7 Å². The molecular weight excluding hydrogens is 434 g/mol. The number of nitrogens with zero attached hydrogens (tertiary/aromatic N) is 5. The van der Waals surface area contributed by atoms with Crippen LogP contribution in [0.25, 0.3) is 11.4 Å². The number of hydrogen-bond acceptors (Lipinski definition) is 4. The lowest BCUT2D eigenvalue weighted by molar-refractivity contribution is 0.0712. The number of carbonyl (C=O) groups is 1. The Bertz CT molecular complexity index is 1350. The Hall–Kier alpha value is -3.72. The van der Waals surface area contributed by atoms with E-state index in [-0.39, 0.29) is 11.9 Å². The molecule has 1 atom stereocenters.